The maximum atomic E-state index is 12.3. The van der Waals surface area contributed by atoms with E-state index in [-0.39, 0.29) is 11.2 Å². The zero-order chi connectivity index (χ0) is 18.2. The van der Waals surface area contributed by atoms with Gasteiger partial charge in [-0.2, -0.15) is 0 Å². The Kier molecular flexibility index (Phi) is 8.35. The third-order valence-corrected chi connectivity index (χ3v) is 6.80. The summed E-state index contributed by atoms with van der Waals surface area (Å²) in [7, 11) is 1.55. The summed E-state index contributed by atoms with van der Waals surface area (Å²) in [5, 5.41) is 11.3. The SMILES string of the molecule is CCCCSc1nnc(S[C@@H](C)C(=O)Nc2ccc(OC)c(Cl)c2)s1. The van der Waals surface area contributed by atoms with Gasteiger partial charge < -0.3 is 10.1 Å². The number of anilines is 1. The van der Waals surface area contributed by atoms with Crippen LogP contribution in [0.3, 0.4) is 0 Å². The number of thioether (sulfide) groups is 2. The summed E-state index contributed by atoms with van der Waals surface area (Å²) in [6.45, 7) is 4.01. The van der Waals surface area contributed by atoms with Crippen LogP contribution in [-0.2, 0) is 4.79 Å². The van der Waals surface area contributed by atoms with Gasteiger partial charge in [-0.05, 0) is 31.5 Å². The van der Waals surface area contributed by atoms with Gasteiger partial charge in [0.15, 0.2) is 8.68 Å². The number of hydrogen-bond donors (Lipinski definition) is 1. The number of unbranched alkanes of at least 4 members (excludes halogenated alkanes) is 1. The summed E-state index contributed by atoms with van der Waals surface area (Å²) < 4.78 is 6.85. The second-order valence-electron chi connectivity index (χ2n) is 5.13. The van der Waals surface area contributed by atoms with E-state index in [9.17, 15) is 4.79 Å². The number of aromatic nitrogens is 2. The summed E-state index contributed by atoms with van der Waals surface area (Å²) in [6.07, 6.45) is 2.33. The first-order chi connectivity index (χ1) is 12.0. The zero-order valence-electron chi connectivity index (χ0n) is 14.2. The third-order valence-electron chi connectivity index (χ3n) is 3.18. The summed E-state index contributed by atoms with van der Waals surface area (Å²) in [6, 6.07) is 5.15. The molecule has 2 aromatic rings. The van der Waals surface area contributed by atoms with E-state index >= 15 is 0 Å². The molecule has 0 spiro atoms. The smallest absolute Gasteiger partial charge is 0.237 e. The van der Waals surface area contributed by atoms with Crippen LogP contribution in [0.1, 0.15) is 26.7 Å². The van der Waals surface area contributed by atoms with E-state index in [1.165, 1.54) is 29.5 Å². The lowest BCUT2D eigenvalue weighted by Crippen LogP contribution is -2.22. The van der Waals surface area contributed by atoms with Crippen LogP contribution in [0.15, 0.2) is 26.9 Å². The predicted molar refractivity (Wildman–Crippen MR) is 107 cm³/mol. The zero-order valence-corrected chi connectivity index (χ0v) is 17.4. The first-order valence-corrected chi connectivity index (χ1v) is 10.9. The van der Waals surface area contributed by atoms with Crippen molar-refractivity contribution in [3.05, 3.63) is 23.2 Å². The molecule has 2 rings (SSSR count). The summed E-state index contributed by atoms with van der Waals surface area (Å²) in [4.78, 5) is 12.3. The number of benzene rings is 1. The average molecular weight is 418 g/mol. The highest BCUT2D eigenvalue weighted by molar-refractivity contribution is 8.03. The van der Waals surface area contributed by atoms with Crippen LogP contribution < -0.4 is 10.1 Å². The molecule has 0 saturated heterocycles. The minimum Gasteiger partial charge on any atom is -0.495 e. The van der Waals surface area contributed by atoms with Crippen molar-refractivity contribution < 1.29 is 9.53 Å². The number of hydrogen-bond acceptors (Lipinski definition) is 7. The molecule has 1 amide bonds. The van der Waals surface area contributed by atoms with Crippen molar-refractivity contribution in [2.45, 2.75) is 40.6 Å². The Morgan fingerprint density at radius 2 is 2.16 bits per heavy atom. The van der Waals surface area contributed by atoms with E-state index < -0.39 is 0 Å². The van der Waals surface area contributed by atoms with Crippen molar-refractivity contribution in [1.29, 1.82) is 0 Å². The molecule has 25 heavy (non-hydrogen) atoms. The molecule has 0 unspecified atom stereocenters. The molecular weight excluding hydrogens is 398 g/mol. The third kappa shape index (κ3) is 6.36. The molecule has 0 saturated carbocycles. The van der Waals surface area contributed by atoms with E-state index in [0.717, 1.165) is 20.9 Å². The lowest BCUT2D eigenvalue weighted by molar-refractivity contribution is -0.115. The predicted octanol–water partition coefficient (Wildman–Crippen LogP) is 5.21. The molecule has 1 N–H and O–H groups in total. The Morgan fingerprint density at radius 1 is 1.40 bits per heavy atom. The normalized spacial score (nSPS) is 12.0. The van der Waals surface area contributed by atoms with Crippen LogP contribution in [0.2, 0.25) is 5.02 Å². The summed E-state index contributed by atoms with van der Waals surface area (Å²) in [5.74, 6) is 1.51. The van der Waals surface area contributed by atoms with Crippen LogP contribution in [0.25, 0.3) is 0 Å². The molecule has 9 heteroatoms. The molecular formula is C16H20ClN3O2S3. The Morgan fingerprint density at radius 3 is 2.84 bits per heavy atom. The Balaban J connectivity index is 1.88. The molecule has 5 nitrogen and oxygen atoms in total. The number of rotatable bonds is 9. The lowest BCUT2D eigenvalue weighted by Gasteiger charge is -2.11. The second kappa shape index (κ2) is 10.3. The highest BCUT2D eigenvalue weighted by Crippen LogP contribution is 2.32. The van der Waals surface area contributed by atoms with Gasteiger partial charge in [-0.3, -0.25) is 4.79 Å². The minimum atomic E-state index is -0.290. The maximum absolute atomic E-state index is 12.3. The highest BCUT2D eigenvalue weighted by atomic mass is 35.5. The fourth-order valence-electron chi connectivity index (χ4n) is 1.80. The molecule has 0 fully saturated rings. The van der Waals surface area contributed by atoms with E-state index in [4.69, 9.17) is 16.3 Å². The number of amides is 1. The van der Waals surface area contributed by atoms with Gasteiger partial charge in [-0.1, -0.05) is 59.8 Å². The number of carbonyl (C=O) groups is 1. The molecule has 0 aliphatic rings. The summed E-state index contributed by atoms with van der Waals surface area (Å²) in [5.41, 5.74) is 0.635. The van der Waals surface area contributed by atoms with Gasteiger partial charge in [-0.25, -0.2) is 0 Å². The van der Waals surface area contributed by atoms with Gasteiger partial charge in [0, 0.05) is 11.4 Å². The van der Waals surface area contributed by atoms with Crippen LogP contribution in [-0.4, -0.2) is 34.2 Å². The second-order valence-corrected chi connectivity index (χ2v) is 9.45. The Bertz CT molecular complexity index is 712. The highest BCUT2D eigenvalue weighted by Gasteiger charge is 2.18. The lowest BCUT2D eigenvalue weighted by atomic mass is 10.3. The maximum Gasteiger partial charge on any atom is 0.237 e. The summed E-state index contributed by atoms with van der Waals surface area (Å²) >= 11 is 10.7. The van der Waals surface area contributed by atoms with Crippen molar-refractivity contribution in [1.82, 2.24) is 10.2 Å². The fraction of sp³-hybridized carbons (Fsp3) is 0.438. The largest absolute Gasteiger partial charge is 0.495 e. The van der Waals surface area contributed by atoms with Gasteiger partial charge in [0.1, 0.15) is 5.75 Å². The van der Waals surface area contributed by atoms with Crippen molar-refractivity contribution in [3.8, 4) is 5.75 Å². The molecule has 1 atom stereocenters. The van der Waals surface area contributed by atoms with Crippen molar-refractivity contribution in [3.63, 3.8) is 0 Å². The molecule has 0 aliphatic heterocycles. The Labute approximate surface area is 165 Å². The van der Waals surface area contributed by atoms with Crippen molar-refractivity contribution in [2.75, 3.05) is 18.2 Å². The van der Waals surface area contributed by atoms with Gasteiger partial charge in [0.25, 0.3) is 0 Å². The monoisotopic (exact) mass is 417 g/mol. The van der Waals surface area contributed by atoms with E-state index in [1.807, 2.05) is 6.92 Å². The molecule has 0 radical (unpaired) electrons. The number of nitrogens with zero attached hydrogens (tertiary/aromatic N) is 2. The standard InChI is InChI=1S/C16H20ClN3O2S3/c1-4-5-8-23-15-19-20-16(25-15)24-10(2)14(21)18-11-6-7-13(22-3)12(17)9-11/h6-7,9-10H,4-5,8H2,1-3H3,(H,18,21)/t10-/m0/s1. The topological polar surface area (TPSA) is 64.1 Å². The molecule has 1 aromatic carbocycles. The first kappa shape index (κ1) is 20.4. The average Bonchev–Trinajstić information content (AvgIpc) is 3.02. The van der Waals surface area contributed by atoms with Crippen LogP contribution in [0.5, 0.6) is 5.75 Å². The molecule has 0 aliphatic carbocycles. The van der Waals surface area contributed by atoms with Gasteiger partial charge in [0.2, 0.25) is 5.91 Å². The molecule has 136 valence electrons. The van der Waals surface area contributed by atoms with E-state index in [0.29, 0.717) is 16.5 Å². The van der Waals surface area contributed by atoms with Crippen LogP contribution in [0.4, 0.5) is 5.69 Å². The number of nitrogens with one attached hydrogen (secondary N) is 1. The van der Waals surface area contributed by atoms with Crippen LogP contribution in [0, 0.1) is 0 Å². The van der Waals surface area contributed by atoms with Gasteiger partial charge in [0.05, 0.1) is 17.4 Å². The molecule has 1 heterocycles. The van der Waals surface area contributed by atoms with E-state index in [2.05, 4.69) is 22.4 Å². The van der Waals surface area contributed by atoms with Crippen molar-refractivity contribution in [2.24, 2.45) is 0 Å². The Hall–Kier alpha value is -0.960. The van der Waals surface area contributed by atoms with Gasteiger partial charge in [-0.15, -0.1) is 10.2 Å². The van der Waals surface area contributed by atoms with Gasteiger partial charge >= 0.3 is 0 Å². The van der Waals surface area contributed by atoms with E-state index in [1.54, 1.807) is 37.1 Å². The first-order valence-electron chi connectivity index (χ1n) is 7.80. The number of ether oxygens (including phenoxy) is 1. The number of methoxy groups -OCH3 is 1. The fourth-order valence-corrected chi connectivity index (χ4v) is 5.38. The number of carbonyl (C=O) groups excluding carboxylic acids is 1. The number of halogens is 1. The quantitative estimate of drug-likeness (QED) is 0.446. The molecule has 1 aromatic heterocycles. The van der Waals surface area contributed by atoms with Crippen LogP contribution >= 0.6 is 46.5 Å². The van der Waals surface area contributed by atoms with Crippen molar-refractivity contribution >= 4 is 58.1 Å². The molecule has 0 bridgehead atoms. The minimum absolute atomic E-state index is 0.110.